The van der Waals surface area contributed by atoms with Crippen molar-refractivity contribution in [2.24, 2.45) is 5.92 Å². The maximum Gasteiger partial charge on any atom is 0.289 e. The van der Waals surface area contributed by atoms with Gasteiger partial charge in [0.2, 0.25) is 0 Å². The summed E-state index contributed by atoms with van der Waals surface area (Å²) >= 11 is 11.9. The average Bonchev–Trinajstić information content (AvgIpc) is 2.84. The lowest BCUT2D eigenvalue weighted by Gasteiger charge is -2.19. The standard InChI is InChI=1S/C19H24Cl2N2O3/c1-11(2)9-23-10-14(17(24)19(23)26)18(25)22-12(3)4-5-13-6-7-15(20)16(21)8-13/h6-8,11-12,24H,4-5,9-10H2,1-3H3,(H,22,25). The van der Waals surface area contributed by atoms with Gasteiger partial charge in [-0.1, -0.05) is 43.1 Å². The lowest BCUT2D eigenvalue weighted by Crippen LogP contribution is -2.36. The number of aliphatic hydroxyl groups excluding tert-OH is 1. The van der Waals surface area contributed by atoms with E-state index in [1.54, 1.807) is 6.07 Å². The summed E-state index contributed by atoms with van der Waals surface area (Å²) in [5.74, 6) is -1.06. The number of aliphatic hydroxyl groups is 1. The smallest absolute Gasteiger partial charge is 0.289 e. The molecule has 1 aliphatic heterocycles. The van der Waals surface area contributed by atoms with E-state index in [2.05, 4.69) is 5.32 Å². The molecule has 1 unspecified atom stereocenters. The number of carbonyl (C=O) groups is 2. The van der Waals surface area contributed by atoms with E-state index in [1.165, 1.54) is 4.90 Å². The second kappa shape index (κ2) is 8.78. The monoisotopic (exact) mass is 398 g/mol. The maximum atomic E-state index is 12.4. The summed E-state index contributed by atoms with van der Waals surface area (Å²) in [4.78, 5) is 25.9. The molecule has 0 bridgehead atoms. The SMILES string of the molecule is CC(C)CN1CC(C(=O)NC(C)CCc2ccc(Cl)c(Cl)c2)=C(O)C1=O. The Balaban J connectivity index is 1.90. The average molecular weight is 399 g/mol. The molecule has 26 heavy (non-hydrogen) atoms. The Bertz CT molecular complexity index is 731. The van der Waals surface area contributed by atoms with Crippen LogP contribution in [0.1, 0.15) is 32.8 Å². The third kappa shape index (κ3) is 5.15. The van der Waals surface area contributed by atoms with E-state index in [0.29, 0.717) is 23.0 Å². The highest BCUT2D eigenvalue weighted by molar-refractivity contribution is 6.42. The quantitative estimate of drug-likeness (QED) is 0.734. The molecule has 0 fully saturated rings. The van der Waals surface area contributed by atoms with E-state index in [-0.39, 0.29) is 24.1 Å². The molecule has 2 N–H and O–H groups in total. The molecule has 1 aromatic carbocycles. The van der Waals surface area contributed by atoms with Gasteiger partial charge in [0, 0.05) is 12.6 Å². The van der Waals surface area contributed by atoms with Crippen molar-refractivity contribution < 1.29 is 14.7 Å². The van der Waals surface area contributed by atoms with Crippen molar-refractivity contribution in [2.45, 2.75) is 39.7 Å². The van der Waals surface area contributed by atoms with Crippen LogP contribution in [0.3, 0.4) is 0 Å². The summed E-state index contributed by atoms with van der Waals surface area (Å²) in [6.45, 7) is 6.50. The van der Waals surface area contributed by atoms with E-state index >= 15 is 0 Å². The van der Waals surface area contributed by atoms with E-state index in [1.807, 2.05) is 32.9 Å². The zero-order chi connectivity index (χ0) is 19.4. The molecule has 2 rings (SSSR count). The minimum absolute atomic E-state index is 0.119. The molecule has 0 saturated heterocycles. The van der Waals surface area contributed by atoms with Crippen LogP contribution in [-0.4, -0.2) is 41.0 Å². The van der Waals surface area contributed by atoms with Crippen LogP contribution >= 0.6 is 23.2 Å². The number of aryl methyl sites for hydroxylation is 1. The molecule has 1 heterocycles. The first-order chi connectivity index (χ1) is 12.2. The highest BCUT2D eigenvalue weighted by atomic mass is 35.5. The Morgan fingerprint density at radius 1 is 1.27 bits per heavy atom. The maximum absolute atomic E-state index is 12.4. The molecule has 7 heteroatoms. The van der Waals surface area contributed by atoms with Gasteiger partial charge in [0.25, 0.3) is 11.8 Å². The topological polar surface area (TPSA) is 69.6 Å². The minimum atomic E-state index is -0.479. The third-order valence-corrected chi connectivity index (χ3v) is 4.95. The Morgan fingerprint density at radius 3 is 2.58 bits per heavy atom. The number of hydrogen-bond donors (Lipinski definition) is 2. The molecule has 1 atom stereocenters. The second-order valence-electron chi connectivity index (χ2n) is 7.07. The number of hydrogen-bond acceptors (Lipinski definition) is 3. The van der Waals surface area contributed by atoms with Crippen LogP contribution in [0, 0.1) is 5.92 Å². The van der Waals surface area contributed by atoms with Gasteiger partial charge in [-0.05, 0) is 43.4 Å². The van der Waals surface area contributed by atoms with Gasteiger partial charge in [0.05, 0.1) is 22.2 Å². The van der Waals surface area contributed by atoms with Gasteiger partial charge in [0.15, 0.2) is 5.76 Å². The minimum Gasteiger partial charge on any atom is -0.503 e. The fraction of sp³-hybridized carbons (Fsp3) is 0.474. The molecule has 0 spiro atoms. The van der Waals surface area contributed by atoms with Crippen LogP contribution in [0.5, 0.6) is 0 Å². The van der Waals surface area contributed by atoms with Crippen molar-refractivity contribution in [2.75, 3.05) is 13.1 Å². The van der Waals surface area contributed by atoms with Crippen LogP contribution in [0.25, 0.3) is 0 Å². The Labute approximate surface area is 164 Å². The van der Waals surface area contributed by atoms with Gasteiger partial charge in [-0.2, -0.15) is 0 Å². The molecule has 5 nitrogen and oxygen atoms in total. The summed E-state index contributed by atoms with van der Waals surface area (Å²) in [7, 11) is 0. The number of benzene rings is 1. The summed E-state index contributed by atoms with van der Waals surface area (Å²) in [5, 5.41) is 13.9. The van der Waals surface area contributed by atoms with Gasteiger partial charge in [0.1, 0.15) is 0 Å². The second-order valence-corrected chi connectivity index (χ2v) is 7.88. The summed E-state index contributed by atoms with van der Waals surface area (Å²) < 4.78 is 0. The van der Waals surface area contributed by atoms with Gasteiger partial charge >= 0.3 is 0 Å². The van der Waals surface area contributed by atoms with E-state index < -0.39 is 17.6 Å². The van der Waals surface area contributed by atoms with Crippen molar-refractivity contribution >= 4 is 35.0 Å². The molecule has 0 aliphatic carbocycles. The van der Waals surface area contributed by atoms with Crippen LogP contribution < -0.4 is 5.32 Å². The van der Waals surface area contributed by atoms with Crippen molar-refractivity contribution in [1.82, 2.24) is 10.2 Å². The van der Waals surface area contributed by atoms with E-state index in [0.717, 1.165) is 12.0 Å². The molecule has 1 aromatic rings. The molecule has 0 aromatic heterocycles. The molecular formula is C19H24Cl2N2O3. The molecule has 142 valence electrons. The Hall–Kier alpha value is -1.72. The van der Waals surface area contributed by atoms with Gasteiger partial charge in [-0.25, -0.2) is 0 Å². The number of amides is 2. The fourth-order valence-corrected chi connectivity index (χ4v) is 3.17. The van der Waals surface area contributed by atoms with Crippen LogP contribution in [0.4, 0.5) is 0 Å². The first-order valence-corrected chi connectivity index (χ1v) is 9.40. The van der Waals surface area contributed by atoms with Gasteiger partial charge in [-0.3, -0.25) is 9.59 Å². The summed E-state index contributed by atoms with van der Waals surface area (Å²) in [6.07, 6.45) is 1.42. The number of nitrogens with one attached hydrogen (secondary N) is 1. The zero-order valence-electron chi connectivity index (χ0n) is 15.2. The Kier molecular flexibility index (Phi) is 6.95. The van der Waals surface area contributed by atoms with E-state index in [4.69, 9.17) is 23.2 Å². The largest absolute Gasteiger partial charge is 0.503 e. The zero-order valence-corrected chi connectivity index (χ0v) is 16.7. The highest BCUT2D eigenvalue weighted by Crippen LogP contribution is 2.23. The molecule has 1 aliphatic rings. The number of halogens is 2. The lowest BCUT2D eigenvalue weighted by atomic mass is 10.1. The predicted molar refractivity (Wildman–Crippen MR) is 103 cm³/mol. The molecule has 2 amide bonds. The van der Waals surface area contributed by atoms with Crippen molar-refractivity contribution in [3.8, 4) is 0 Å². The summed E-state index contributed by atoms with van der Waals surface area (Å²) in [5.41, 5.74) is 1.17. The molecular weight excluding hydrogens is 375 g/mol. The van der Waals surface area contributed by atoms with Crippen molar-refractivity contribution in [3.63, 3.8) is 0 Å². The van der Waals surface area contributed by atoms with Gasteiger partial charge < -0.3 is 15.3 Å². The van der Waals surface area contributed by atoms with Gasteiger partial charge in [-0.15, -0.1) is 0 Å². The molecule has 0 radical (unpaired) electrons. The Morgan fingerprint density at radius 2 is 1.96 bits per heavy atom. The fourth-order valence-electron chi connectivity index (χ4n) is 2.85. The van der Waals surface area contributed by atoms with Crippen LogP contribution in [-0.2, 0) is 16.0 Å². The number of carbonyl (C=O) groups excluding carboxylic acids is 2. The summed E-state index contributed by atoms with van der Waals surface area (Å²) in [6, 6.07) is 5.34. The van der Waals surface area contributed by atoms with Crippen LogP contribution in [0.15, 0.2) is 29.5 Å². The highest BCUT2D eigenvalue weighted by Gasteiger charge is 2.34. The first-order valence-electron chi connectivity index (χ1n) is 8.65. The predicted octanol–water partition coefficient (Wildman–Crippen LogP) is 3.74. The normalized spacial score (nSPS) is 15.8. The van der Waals surface area contributed by atoms with Crippen LogP contribution in [0.2, 0.25) is 10.0 Å². The first kappa shape index (κ1) is 20.6. The number of rotatable bonds is 7. The van der Waals surface area contributed by atoms with E-state index in [9.17, 15) is 14.7 Å². The lowest BCUT2D eigenvalue weighted by molar-refractivity contribution is -0.128. The van der Waals surface area contributed by atoms with Crippen molar-refractivity contribution in [3.05, 3.63) is 45.1 Å². The number of nitrogens with zero attached hydrogens (tertiary/aromatic N) is 1. The van der Waals surface area contributed by atoms with Crippen molar-refractivity contribution in [1.29, 1.82) is 0 Å². The molecule has 0 saturated carbocycles. The third-order valence-electron chi connectivity index (χ3n) is 4.21.